The van der Waals surface area contributed by atoms with Gasteiger partial charge in [0.15, 0.2) is 11.5 Å². The standard InChI is InChI=1S/C16H16FN3O3/c17-9-5-7-10(8-6-9)18-16(23)20-19-13-14(21)11-3-1-2-4-12(11)15(13)22/h5-8,11-12,21H,1-4H2,(H,18,23). The second-order valence-electron chi connectivity index (χ2n) is 5.73. The van der Waals surface area contributed by atoms with Crippen LogP contribution in [0.15, 0.2) is 46.0 Å². The number of hydrogen-bond donors (Lipinski definition) is 2. The lowest BCUT2D eigenvalue weighted by molar-refractivity contribution is -0.120. The van der Waals surface area contributed by atoms with Crippen LogP contribution < -0.4 is 5.32 Å². The Balaban J connectivity index is 1.69. The van der Waals surface area contributed by atoms with Gasteiger partial charge in [0.1, 0.15) is 11.6 Å². The normalized spacial score (nSPS) is 24.1. The number of halogens is 1. The zero-order chi connectivity index (χ0) is 16.4. The molecule has 120 valence electrons. The van der Waals surface area contributed by atoms with Gasteiger partial charge in [-0.15, -0.1) is 5.11 Å². The molecule has 1 aromatic rings. The monoisotopic (exact) mass is 317 g/mol. The lowest BCUT2D eigenvalue weighted by Gasteiger charge is -2.23. The largest absolute Gasteiger partial charge is 0.510 e. The number of ketones is 1. The van der Waals surface area contributed by atoms with Crippen molar-refractivity contribution in [3.05, 3.63) is 41.5 Å². The van der Waals surface area contributed by atoms with Crippen LogP contribution in [-0.4, -0.2) is 16.9 Å². The fourth-order valence-corrected chi connectivity index (χ4v) is 3.13. The van der Waals surface area contributed by atoms with Crippen LogP contribution in [0.3, 0.4) is 0 Å². The molecule has 7 heteroatoms. The molecule has 1 saturated carbocycles. The third-order valence-electron chi connectivity index (χ3n) is 4.27. The molecule has 2 amide bonds. The number of aliphatic hydroxyl groups excluding tert-OH is 1. The number of nitrogens with one attached hydrogen (secondary N) is 1. The van der Waals surface area contributed by atoms with E-state index >= 15 is 0 Å². The Morgan fingerprint density at radius 2 is 1.83 bits per heavy atom. The van der Waals surface area contributed by atoms with E-state index in [4.69, 9.17) is 0 Å². The molecule has 0 saturated heterocycles. The molecule has 0 aliphatic heterocycles. The number of rotatable bonds is 2. The van der Waals surface area contributed by atoms with E-state index in [2.05, 4.69) is 15.5 Å². The molecule has 6 nitrogen and oxygen atoms in total. The van der Waals surface area contributed by atoms with Crippen molar-refractivity contribution < 1.29 is 19.1 Å². The number of azo groups is 1. The van der Waals surface area contributed by atoms with Crippen molar-refractivity contribution in [1.82, 2.24) is 0 Å². The van der Waals surface area contributed by atoms with Crippen molar-refractivity contribution >= 4 is 17.5 Å². The number of anilines is 1. The quantitative estimate of drug-likeness (QED) is 0.808. The molecule has 2 aliphatic rings. The summed E-state index contributed by atoms with van der Waals surface area (Å²) >= 11 is 0. The van der Waals surface area contributed by atoms with Crippen molar-refractivity contribution in [3.63, 3.8) is 0 Å². The van der Waals surface area contributed by atoms with Crippen LogP contribution >= 0.6 is 0 Å². The molecular formula is C16H16FN3O3. The van der Waals surface area contributed by atoms with Crippen molar-refractivity contribution in [3.8, 4) is 0 Å². The highest BCUT2D eigenvalue weighted by atomic mass is 19.1. The lowest BCUT2D eigenvalue weighted by atomic mass is 9.80. The van der Waals surface area contributed by atoms with Crippen LogP contribution in [0, 0.1) is 17.7 Å². The van der Waals surface area contributed by atoms with Gasteiger partial charge >= 0.3 is 6.03 Å². The molecule has 23 heavy (non-hydrogen) atoms. The van der Waals surface area contributed by atoms with E-state index in [0.29, 0.717) is 5.69 Å². The number of nitrogens with zero attached hydrogens (tertiary/aromatic N) is 2. The molecule has 2 atom stereocenters. The first-order valence-corrected chi connectivity index (χ1v) is 7.52. The smallest absolute Gasteiger partial charge is 0.364 e. The van der Waals surface area contributed by atoms with Gasteiger partial charge in [0.2, 0.25) is 0 Å². The highest BCUT2D eigenvalue weighted by Crippen LogP contribution is 2.42. The van der Waals surface area contributed by atoms with E-state index < -0.39 is 11.8 Å². The Labute approximate surface area is 132 Å². The molecular weight excluding hydrogens is 301 g/mol. The van der Waals surface area contributed by atoms with E-state index in [1.807, 2.05) is 0 Å². The Hall–Kier alpha value is -2.57. The van der Waals surface area contributed by atoms with Gasteiger partial charge in [-0.25, -0.2) is 9.18 Å². The van der Waals surface area contributed by atoms with Gasteiger partial charge in [-0.3, -0.25) is 4.79 Å². The summed E-state index contributed by atoms with van der Waals surface area (Å²) in [5.41, 5.74) is 0.246. The first-order chi connectivity index (χ1) is 11.1. The van der Waals surface area contributed by atoms with Crippen molar-refractivity contribution in [1.29, 1.82) is 0 Å². The SMILES string of the molecule is O=C(N=NC1=C(O)C2CCCCC2C1=O)Nc1ccc(F)cc1. The predicted octanol–water partition coefficient (Wildman–Crippen LogP) is 3.97. The van der Waals surface area contributed by atoms with Crippen LogP contribution in [-0.2, 0) is 4.79 Å². The Kier molecular flexibility index (Phi) is 4.18. The highest BCUT2D eigenvalue weighted by Gasteiger charge is 2.43. The minimum Gasteiger partial charge on any atom is -0.510 e. The average molecular weight is 317 g/mol. The Morgan fingerprint density at radius 1 is 1.17 bits per heavy atom. The van der Waals surface area contributed by atoms with Gasteiger partial charge < -0.3 is 10.4 Å². The minimum absolute atomic E-state index is 0.0574. The average Bonchev–Trinajstić information content (AvgIpc) is 2.80. The molecule has 0 radical (unpaired) electrons. The van der Waals surface area contributed by atoms with Crippen LogP contribution in [0.25, 0.3) is 0 Å². The summed E-state index contributed by atoms with van der Waals surface area (Å²) in [6, 6.07) is 4.38. The summed E-state index contributed by atoms with van der Waals surface area (Å²) in [6.07, 6.45) is 3.40. The predicted molar refractivity (Wildman–Crippen MR) is 80.4 cm³/mol. The first kappa shape index (κ1) is 15.3. The summed E-state index contributed by atoms with van der Waals surface area (Å²) in [4.78, 5) is 23.9. The minimum atomic E-state index is -0.792. The molecule has 0 bridgehead atoms. The highest BCUT2D eigenvalue weighted by molar-refractivity contribution is 6.00. The number of fused-ring (bicyclic) bond motifs is 1. The second kappa shape index (κ2) is 6.28. The van der Waals surface area contributed by atoms with Gasteiger partial charge in [-0.05, 0) is 37.1 Å². The Morgan fingerprint density at radius 3 is 2.48 bits per heavy atom. The molecule has 2 unspecified atom stereocenters. The van der Waals surface area contributed by atoms with Crippen molar-refractivity contribution in [2.24, 2.45) is 22.1 Å². The van der Waals surface area contributed by atoms with Crippen LogP contribution in [0.2, 0.25) is 0 Å². The van der Waals surface area contributed by atoms with E-state index in [-0.39, 0.29) is 29.1 Å². The van der Waals surface area contributed by atoms with Crippen LogP contribution in [0.5, 0.6) is 0 Å². The maximum absolute atomic E-state index is 12.8. The number of Topliss-reactive ketones (excluding diaryl/α,β-unsaturated/α-hetero) is 1. The number of amides is 2. The topological polar surface area (TPSA) is 91.1 Å². The fraction of sp³-hybridized carbons (Fsp3) is 0.375. The number of carbonyl (C=O) groups is 2. The van der Waals surface area contributed by atoms with Crippen LogP contribution in [0.1, 0.15) is 25.7 Å². The zero-order valence-electron chi connectivity index (χ0n) is 12.3. The van der Waals surface area contributed by atoms with Gasteiger partial charge in [-0.1, -0.05) is 18.0 Å². The molecule has 1 aromatic carbocycles. The number of hydrogen-bond acceptors (Lipinski definition) is 4. The molecule has 0 spiro atoms. The van der Waals surface area contributed by atoms with Gasteiger partial charge in [0.05, 0.1) is 0 Å². The molecule has 2 aliphatic carbocycles. The summed E-state index contributed by atoms with van der Waals surface area (Å²) < 4.78 is 12.8. The van der Waals surface area contributed by atoms with Crippen molar-refractivity contribution in [2.75, 3.05) is 5.32 Å². The maximum atomic E-state index is 12.8. The molecule has 1 fully saturated rings. The number of allylic oxidation sites excluding steroid dienone is 2. The fourth-order valence-electron chi connectivity index (χ4n) is 3.13. The van der Waals surface area contributed by atoms with Gasteiger partial charge in [-0.2, -0.15) is 0 Å². The van der Waals surface area contributed by atoms with Gasteiger partial charge in [0.25, 0.3) is 0 Å². The zero-order valence-corrected chi connectivity index (χ0v) is 12.3. The third-order valence-corrected chi connectivity index (χ3v) is 4.27. The van der Waals surface area contributed by atoms with E-state index in [0.717, 1.165) is 25.7 Å². The number of aliphatic hydroxyl groups is 1. The van der Waals surface area contributed by atoms with Crippen LogP contribution in [0.4, 0.5) is 14.9 Å². The van der Waals surface area contributed by atoms with E-state index in [1.54, 1.807) is 0 Å². The Bertz CT molecular complexity index is 697. The lowest BCUT2D eigenvalue weighted by Crippen LogP contribution is -2.21. The molecule has 0 aromatic heterocycles. The molecule has 3 rings (SSSR count). The van der Waals surface area contributed by atoms with Crippen molar-refractivity contribution in [2.45, 2.75) is 25.7 Å². The third kappa shape index (κ3) is 3.13. The summed E-state index contributed by atoms with van der Waals surface area (Å²) in [5, 5.41) is 19.6. The molecule has 0 heterocycles. The summed E-state index contributed by atoms with van der Waals surface area (Å²) in [6.45, 7) is 0. The number of urea groups is 1. The number of benzene rings is 1. The second-order valence-corrected chi connectivity index (χ2v) is 5.73. The number of carbonyl (C=O) groups excluding carboxylic acids is 2. The van der Waals surface area contributed by atoms with E-state index in [1.165, 1.54) is 24.3 Å². The summed E-state index contributed by atoms with van der Waals surface area (Å²) in [5.74, 6) is -1.15. The first-order valence-electron chi connectivity index (χ1n) is 7.52. The molecule has 2 N–H and O–H groups in total. The summed E-state index contributed by atoms with van der Waals surface area (Å²) in [7, 11) is 0. The van der Waals surface area contributed by atoms with Gasteiger partial charge in [0, 0.05) is 17.5 Å². The van der Waals surface area contributed by atoms with E-state index in [9.17, 15) is 19.1 Å². The maximum Gasteiger partial charge on any atom is 0.364 e.